The largest absolute Gasteiger partial charge is 0.353 e. The van der Waals surface area contributed by atoms with Crippen LogP contribution in [0.1, 0.15) is 20.3 Å². The molecule has 0 aromatic carbocycles. The van der Waals surface area contributed by atoms with E-state index in [0.29, 0.717) is 13.2 Å². The molecule has 0 aliphatic carbocycles. The normalized spacial score (nSPS) is 9.36. The Morgan fingerprint density at radius 2 is 1.73 bits per heavy atom. The maximum atomic E-state index is 5.23. The Bertz CT molecular complexity index is 80.2. The summed E-state index contributed by atoms with van der Waals surface area (Å²) in [5.41, 5.74) is 0. The molecule has 0 bridgehead atoms. The summed E-state index contributed by atoms with van der Waals surface area (Å²) in [7, 11) is 0. The zero-order valence-electron chi connectivity index (χ0n) is 7.51. The molecular formula is C8H19NO2. The van der Waals surface area contributed by atoms with Gasteiger partial charge in [0.25, 0.3) is 0 Å². The SMILES string of the molecule is C=CCC(OCC)OCC.N. The van der Waals surface area contributed by atoms with Crippen LogP contribution >= 0.6 is 0 Å². The minimum atomic E-state index is -0.0903. The minimum Gasteiger partial charge on any atom is -0.353 e. The molecule has 0 heterocycles. The zero-order valence-corrected chi connectivity index (χ0v) is 7.51. The first-order valence-corrected chi connectivity index (χ1v) is 3.69. The fraction of sp³-hybridized carbons (Fsp3) is 0.750. The second kappa shape index (κ2) is 9.62. The highest BCUT2D eigenvalue weighted by molar-refractivity contribution is 4.68. The van der Waals surface area contributed by atoms with Gasteiger partial charge >= 0.3 is 0 Å². The Morgan fingerprint density at radius 1 is 1.27 bits per heavy atom. The van der Waals surface area contributed by atoms with E-state index in [4.69, 9.17) is 9.47 Å². The molecule has 0 saturated carbocycles. The van der Waals surface area contributed by atoms with E-state index >= 15 is 0 Å². The Hall–Kier alpha value is -0.380. The fourth-order valence-electron chi connectivity index (χ4n) is 0.692. The van der Waals surface area contributed by atoms with Crippen molar-refractivity contribution in [3.8, 4) is 0 Å². The molecule has 0 unspecified atom stereocenters. The summed E-state index contributed by atoms with van der Waals surface area (Å²) in [6.07, 6.45) is 2.48. The molecule has 3 heteroatoms. The number of hydrogen-bond donors (Lipinski definition) is 1. The van der Waals surface area contributed by atoms with Gasteiger partial charge in [0.1, 0.15) is 0 Å². The third kappa shape index (κ3) is 7.52. The molecule has 0 atom stereocenters. The van der Waals surface area contributed by atoms with Crippen molar-refractivity contribution in [2.24, 2.45) is 0 Å². The van der Waals surface area contributed by atoms with Crippen molar-refractivity contribution in [2.75, 3.05) is 13.2 Å². The molecule has 0 aromatic heterocycles. The topological polar surface area (TPSA) is 53.5 Å². The van der Waals surface area contributed by atoms with Gasteiger partial charge in [0.05, 0.1) is 0 Å². The molecule has 0 rings (SSSR count). The van der Waals surface area contributed by atoms with Gasteiger partial charge in [-0.1, -0.05) is 6.08 Å². The maximum absolute atomic E-state index is 5.23. The quantitative estimate of drug-likeness (QED) is 0.479. The lowest BCUT2D eigenvalue weighted by atomic mass is 10.4. The van der Waals surface area contributed by atoms with Gasteiger partial charge in [0, 0.05) is 19.6 Å². The van der Waals surface area contributed by atoms with Crippen LogP contribution in [-0.4, -0.2) is 19.5 Å². The monoisotopic (exact) mass is 161 g/mol. The van der Waals surface area contributed by atoms with Crippen LogP contribution in [0.5, 0.6) is 0 Å². The van der Waals surface area contributed by atoms with E-state index in [0.717, 1.165) is 6.42 Å². The first-order valence-electron chi connectivity index (χ1n) is 3.69. The summed E-state index contributed by atoms with van der Waals surface area (Å²) in [6.45, 7) is 8.90. The Balaban J connectivity index is 0. The molecule has 0 aromatic rings. The number of ether oxygens (including phenoxy) is 2. The highest BCUT2D eigenvalue weighted by Gasteiger charge is 2.02. The predicted molar refractivity (Wildman–Crippen MR) is 46.9 cm³/mol. The summed E-state index contributed by atoms with van der Waals surface area (Å²) >= 11 is 0. The lowest BCUT2D eigenvalue weighted by Gasteiger charge is -2.13. The second-order valence-electron chi connectivity index (χ2n) is 1.86. The first-order chi connectivity index (χ1) is 4.85. The average molecular weight is 161 g/mol. The van der Waals surface area contributed by atoms with E-state index in [1.807, 2.05) is 13.8 Å². The Kier molecular flexibility index (Phi) is 11.6. The molecule has 0 radical (unpaired) electrons. The van der Waals surface area contributed by atoms with Gasteiger partial charge in [0.2, 0.25) is 0 Å². The second-order valence-corrected chi connectivity index (χ2v) is 1.86. The minimum absolute atomic E-state index is 0. The van der Waals surface area contributed by atoms with Crippen molar-refractivity contribution in [2.45, 2.75) is 26.6 Å². The molecule has 0 aliphatic rings. The molecular weight excluding hydrogens is 142 g/mol. The Labute approximate surface area is 69.0 Å². The van der Waals surface area contributed by atoms with Crippen LogP contribution in [0.2, 0.25) is 0 Å². The van der Waals surface area contributed by atoms with Crippen LogP contribution < -0.4 is 6.15 Å². The van der Waals surface area contributed by atoms with Gasteiger partial charge in [-0.25, -0.2) is 0 Å². The molecule has 3 N–H and O–H groups in total. The molecule has 0 fully saturated rings. The van der Waals surface area contributed by atoms with Crippen LogP contribution in [0, 0.1) is 0 Å². The van der Waals surface area contributed by atoms with Gasteiger partial charge in [-0.2, -0.15) is 0 Å². The lowest BCUT2D eigenvalue weighted by molar-refractivity contribution is -0.133. The highest BCUT2D eigenvalue weighted by Crippen LogP contribution is 2.00. The van der Waals surface area contributed by atoms with Crippen LogP contribution in [0.25, 0.3) is 0 Å². The van der Waals surface area contributed by atoms with E-state index in [1.54, 1.807) is 6.08 Å². The van der Waals surface area contributed by atoms with E-state index in [2.05, 4.69) is 6.58 Å². The van der Waals surface area contributed by atoms with Crippen LogP contribution in [0.3, 0.4) is 0 Å². The fourth-order valence-corrected chi connectivity index (χ4v) is 0.692. The van der Waals surface area contributed by atoms with Crippen LogP contribution in [-0.2, 0) is 9.47 Å². The van der Waals surface area contributed by atoms with E-state index in [-0.39, 0.29) is 12.4 Å². The van der Waals surface area contributed by atoms with Crippen molar-refractivity contribution in [3.05, 3.63) is 12.7 Å². The standard InChI is InChI=1S/C8H16O2.H3N/c1-4-7-8(9-5-2)10-6-3;/h4,8H,1,5-7H2,2-3H3;1H3. The highest BCUT2D eigenvalue weighted by atomic mass is 16.7. The lowest BCUT2D eigenvalue weighted by Crippen LogP contribution is -2.15. The van der Waals surface area contributed by atoms with E-state index < -0.39 is 0 Å². The van der Waals surface area contributed by atoms with Gasteiger partial charge in [0.15, 0.2) is 6.29 Å². The van der Waals surface area contributed by atoms with Gasteiger partial charge < -0.3 is 15.6 Å². The third-order valence-corrected chi connectivity index (χ3v) is 1.06. The smallest absolute Gasteiger partial charge is 0.160 e. The summed E-state index contributed by atoms with van der Waals surface area (Å²) in [6, 6.07) is 0. The molecule has 0 aliphatic heterocycles. The van der Waals surface area contributed by atoms with Gasteiger partial charge in [-0.3, -0.25) is 0 Å². The van der Waals surface area contributed by atoms with Crippen LogP contribution in [0.15, 0.2) is 12.7 Å². The summed E-state index contributed by atoms with van der Waals surface area (Å²) in [5, 5.41) is 0. The molecule has 68 valence electrons. The average Bonchev–Trinajstić information content (AvgIpc) is 1.90. The van der Waals surface area contributed by atoms with Crippen molar-refractivity contribution in [3.63, 3.8) is 0 Å². The third-order valence-electron chi connectivity index (χ3n) is 1.06. The first kappa shape index (κ1) is 13.2. The molecule has 0 spiro atoms. The maximum Gasteiger partial charge on any atom is 0.160 e. The number of rotatable bonds is 6. The summed E-state index contributed by atoms with van der Waals surface area (Å²) in [4.78, 5) is 0. The van der Waals surface area contributed by atoms with Crippen molar-refractivity contribution in [1.82, 2.24) is 6.15 Å². The van der Waals surface area contributed by atoms with Crippen molar-refractivity contribution in [1.29, 1.82) is 0 Å². The van der Waals surface area contributed by atoms with Crippen LogP contribution in [0.4, 0.5) is 0 Å². The zero-order chi connectivity index (χ0) is 7.82. The summed E-state index contributed by atoms with van der Waals surface area (Å²) in [5.74, 6) is 0. The predicted octanol–water partition coefficient (Wildman–Crippen LogP) is 2.12. The number of hydrogen-bond acceptors (Lipinski definition) is 3. The van der Waals surface area contributed by atoms with Gasteiger partial charge in [-0.05, 0) is 13.8 Å². The molecule has 0 saturated heterocycles. The van der Waals surface area contributed by atoms with Crippen molar-refractivity contribution < 1.29 is 9.47 Å². The Morgan fingerprint density at radius 3 is 2.00 bits per heavy atom. The van der Waals surface area contributed by atoms with E-state index in [9.17, 15) is 0 Å². The molecule has 11 heavy (non-hydrogen) atoms. The van der Waals surface area contributed by atoms with Gasteiger partial charge in [-0.15, -0.1) is 6.58 Å². The van der Waals surface area contributed by atoms with Crippen molar-refractivity contribution >= 4 is 0 Å². The molecule has 0 amide bonds. The summed E-state index contributed by atoms with van der Waals surface area (Å²) < 4.78 is 10.5. The van der Waals surface area contributed by atoms with E-state index in [1.165, 1.54) is 0 Å². The molecule has 3 nitrogen and oxygen atoms in total.